The molecule has 0 saturated heterocycles. The zero-order valence-corrected chi connectivity index (χ0v) is 9.14. The van der Waals surface area contributed by atoms with Crippen molar-refractivity contribution in [1.82, 2.24) is 0 Å². The predicted octanol–water partition coefficient (Wildman–Crippen LogP) is 1.64. The first-order valence-electron chi connectivity index (χ1n) is 4.31. The molecule has 0 heterocycles. The van der Waals surface area contributed by atoms with E-state index in [9.17, 15) is 14.9 Å². The third-order valence-corrected chi connectivity index (χ3v) is 2.11. The van der Waals surface area contributed by atoms with E-state index >= 15 is 0 Å². The summed E-state index contributed by atoms with van der Waals surface area (Å²) < 4.78 is 0. The number of nitro groups is 1. The summed E-state index contributed by atoms with van der Waals surface area (Å²) in [5, 5.41) is 19.6. The van der Waals surface area contributed by atoms with Crippen molar-refractivity contribution >= 4 is 29.3 Å². The third-order valence-electron chi connectivity index (χ3n) is 1.87. The van der Waals surface area contributed by atoms with Crippen LogP contribution in [-0.4, -0.2) is 10.8 Å². The number of carbonyl (C=O) groups excluding carboxylic acids is 1. The number of amides is 1. The number of nitro benzene ring substituents is 1. The molecule has 0 aliphatic rings. The molecular formula is C10H6ClN3O3. The third kappa shape index (κ3) is 3.03. The molecule has 17 heavy (non-hydrogen) atoms. The Labute approximate surface area is 101 Å². The lowest BCUT2D eigenvalue weighted by molar-refractivity contribution is -0.385. The van der Waals surface area contributed by atoms with Crippen LogP contribution in [0.3, 0.4) is 0 Å². The molecule has 0 aliphatic heterocycles. The molecule has 0 aromatic heterocycles. The molecule has 0 fully saturated rings. The highest BCUT2D eigenvalue weighted by atomic mass is 35.5. The zero-order chi connectivity index (χ0) is 13.0. The SMILES string of the molecule is N#C/C(=C/c1cc(Cl)ccc1[N+](=O)[O-])C(N)=O. The Bertz CT molecular complexity index is 560. The number of benzene rings is 1. The van der Waals surface area contributed by atoms with E-state index in [1.165, 1.54) is 18.2 Å². The van der Waals surface area contributed by atoms with Crippen LogP contribution in [0.5, 0.6) is 0 Å². The van der Waals surface area contributed by atoms with Gasteiger partial charge in [-0.1, -0.05) is 11.6 Å². The van der Waals surface area contributed by atoms with Gasteiger partial charge in [0.15, 0.2) is 0 Å². The first-order valence-corrected chi connectivity index (χ1v) is 4.69. The van der Waals surface area contributed by atoms with Crippen molar-refractivity contribution in [2.24, 2.45) is 5.73 Å². The summed E-state index contributed by atoms with van der Waals surface area (Å²) in [7, 11) is 0. The molecule has 0 atom stereocenters. The van der Waals surface area contributed by atoms with E-state index in [4.69, 9.17) is 22.6 Å². The largest absolute Gasteiger partial charge is 0.365 e. The van der Waals surface area contributed by atoms with Gasteiger partial charge in [-0.2, -0.15) is 5.26 Å². The van der Waals surface area contributed by atoms with E-state index in [1.54, 1.807) is 6.07 Å². The van der Waals surface area contributed by atoms with Gasteiger partial charge in [0.25, 0.3) is 11.6 Å². The van der Waals surface area contributed by atoms with Gasteiger partial charge in [-0.25, -0.2) is 0 Å². The molecule has 1 aromatic carbocycles. The van der Waals surface area contributed by atoms with Crippen molar-refractivity contribution in [3.05, 3.63) is 44.5 Å². The molecule has 0 aliphatic carbocycles. The molecule has 86 valence electrons. The number of nitrogens with zero attached hydrogens (tertiary/aromatic N) is 2. The molecule has 0 unspecified atom stereocenters. The summed E-state index contributed by atoms with van der Waals surface area (Å²) in [6, 6.07) is 5.36. The van der Waals surface area contributed by atoms with Gasteiger partial charge in [-0.3, -0.25) is 14.9 Å². The number of hydrogen-bond acceptors (Lipinski definition) is 4. The molecule has 0 spiro atoms. The Kier molecular flexibility index (Phi) is 3.80. The van der Waals surface area contributed by atoms with Crippen molar-refractivity contribution in [3.63, 3.8) is 0 Å². The minimum atomic E-state index is -0.957. The summed E-state index contributed by atoms with van der Waals surface area (Å²) in [6.07, 6.45) is 1.03. The fourth-order valence-corrected chi connectivity index (χ4v) is 1.30. The Morgan fingerprint density at radius 3 is 2.71 bits per heavy atom. The highest BCUT2D eigenvalue weighted by Gasteiger charge is 2.14. The molecule has 0 saturated carbocycles. The van der Waals surface area contributed by atoms with Gasteiger partial charge < -0.3 is 5.73 Å². The van der Waals surface area contributed by atoms with Crippen LogP contribution in [0.2, 0.25) is 5.02 Å². The van der Waals surface area contributed by atoms with Crippen molar-refractivity contribution in [2.75, 3.05) is 0 Å². The van der Waals surface area contributed by atoms with Crippen molar-refractivity contribution in [1.29, 1.82) is 5.26 Å². The standard InChI is InChI=1S/C10H6ClN3O3/c11-8-1-2-9(14(16)17)6(4-8)3-7(5-12)10(13)15/h1-4H,(H2,13,15)/b7-3-. The molecular weight excluding hydrogens is 246 g/mol. The van der Waals surface area contributed by atoms with Crippen molar-refractivity contribution in [3.8, 4) is 6.07 Å². The maximum atomic E-state index is 10.8. The zero-order valence-electron chi connectivity index (χ0n) is 8.38. The molecule has 7 heteroatoms. The minimum absolute atomic E-state index is 0.0536. The second-order valence-electron chi connectivity index (χ2n) is 2.99. The Morgan fingerprint density at radius 1 is 1.59 bits per heavy atom. The Balaban J connectivity index is 3.40. The summed E-state index contributed by atoms with van der Waals surface area (Å²) in [6.45, 7) is 0. The normalized spacial score (nSPS) is 10.7. The number of nitriles is 1. The fraction of sp³-hybridized carbons (Fsp3) is 0. The van der Waals surface area contributed by atoms with Gasteiger partial charge in [-0.05, 0) is 18.2 Å². The van der Waals surface area contributed by atoms with Gasteiger partial charge in [0.2, 0.25) is 0 Å². The van der Waals surface area contributed by atoms with Crippen LogP contribution >= 0.6 is 11.6 Å². The number of primary amides is 1. The fourth-order valence-electron chi connectivity index (χ4n) is 1.12. The number of carbonyl (C=O) groups is 1. The molecule has 1 rings (SSSR count). The maximum Gasteiger partial charge on any atom is 0.276 e. The van der Waals surface area contributed by atoms with E-state index in [2.05, 4.69) is 0 Å². The minimum Gasteiger partial charge on any atom is -0.365 e. The van der Waals surface area contributed by atoms with Crippen LogP contribution in [0.25, 0.3) is 6.08 Å². The Morgan fingerprint density at radius 2 is 2.24 bits per heavy atom. The van der Waals surface area contributed by atoms with E-state index in [0.717, 1.165) is 6.08 Å². The smallest absolute Gasteiger partial charge is 0.276 e. The summed E-state index contributed by atoms with van der Waals surface area (Å²) in [5.74, 6) is -0.957. The topological polar surface area (TPSA) is 110 Å². The van der Waals surface area contributed by atoms with Crippen LogP contribution in [0.4, 0.5) is 5.69 Å². The van der Waals surface area contributed by atoms with E-state index in [0.29, 0.717) is 0 Å². The van der Waals surface area contributed by atoms with Crippen LogP contribution in [0.1, 0.15) is 5.56 Å². The first kappa shape index (κ1) is 12.7. The van der Waals surface area contributed by atoms with Crippen molar-refractivity contribution in [2.45, 2.75) is 0 Å². The lowest BCUT2D eigenvalue weighted by Gasteiger charge is -1.99. The summed E-state index contributed by atoms with van der Waals surface area (Å²) >= 11 is 5.68. The van der Waals surface area contributed by atoms with Crippen LogP contribution in [-0.2, 0) is 4.79 Å². The quantitative estimate of drug-likeness (QED) is 0.381. The summed E-state index contributed by atoms with van der Waals surface area (Å²) in [5.41, 5.74) is 4.34. The molecule has 1 aromatic rings. The number of halogens is 1. The highest BCUT2D eigenvalue weighted by molar-refractivity contribution is 6.30. The number of rotatable bonds is 3. The van der Waals surface area contributed by atoms with Crippen LogP contribution in [0.15, 0.2) is 23.8 Å². The van der Waals surface area contributed by atoms with E-state index < -0.39 is 10.8 Å². The number of nitrogens with two attached hydrogens (primary N) is 1. The lowest BCUT2D eigenvalue weighted by atomic mass is 10.1. The van der Waals surface area contributed by atoms with Gasteiger partial charge in [0, 0.05) is 11.1 Å². The van der Waals surface area contributed by atoms with Crippen LogP contribution in [0, 0.1) is 21.4 Å². The molecule has 0 radical (unpaired) electrons. The first-order chi connectivity index (χ1) is 7.95. The second kappa shape index (κ2) is 5.09. The van der Waals surface area contributed by atoms with Crippen molar-refractivity contribution < 1.29 is 9.72 Å². The average Bonchev–Trinajstić information content (AvgIpc) is 2.25. The van der Waals surface area contributed by atoms with Gasteiger partial charge in [0.1, 0.15) is 11.6 Å². The predicted molar refractivity (Wildman–Crippen MR) is 60.9 cm³/mol. The number of hydrogen-bond donors (Lipinski definition) is 1. The Hall–Kier alpha value is -2.39. The highest BCUT2D eigenvalue weighted by Crippen LogP contribution is 2.24. The average molecular weight is 252 g/mol. The van der Waals surface area contributed by atoms with Gasteiger partial charge in [-0.15, -0.1) is 0 Å². The maximum absolute atomic E-state index is 10.8. The van der Waals surface area contributed by atoms with Crippen LogP contribution < -0.4 is 5.73 Å². The lowest BCUT2D eigenvalue weighted by Crippen LogP contribution is -2.12. The molecule has 2 N–H and O–H groups in total. The summed E-state index contributed by atoms with van der Waals surface area (Å²) in [4.78, 5) is 20.9. The van der Waals surface area contributed by atoms with E-state index in [-0.39, 0.29) is 21.8 Å². The second-order valence-corrected chi connectivity index (χ2v) is 3.43. The van der Waals surface area contributed by atoms with E-state index in [1.807, 2.05) is 0 Å². The van der Waals surface area contributed by atoms with Gasteiger partial charge in [0.05, 0.1) is 10.5 Å². The van der Waals surface area contributed by atoms with Gasteiger partial charge >= 0.3 is 0 Å². The molecule has 6 nitrogen and oxygen atoms in total. The molecule has 1 amide bonds. The monoisotopic (exact) mass is 251 g/mol. The molecule has 0 bridgehead atoms.